The lowest BCUT2D eigenvalue weighted by Gasteiger charge is -2.25. The second kappa shape index (κ2) is 11.2. The molecular weight excluding hydrogens is 524 g/mol. The Morgan fingerprint density at radius 3 is 2.58 bits per heavy atom. The predicted molar refractivity (Wildman–Crippen MR) is 125 cm³/mol. The first-order valence-corrected chi connectivity index (χ1v) is 12.7. The highest BCUT2D eigenvalue weighted by atomic mass is 35.5. The molecule has 15 heteroatoms. The highest BCUT2D eigenvalue weighted by Gasteiger charge is 2.58. The summed E-state index contributed by atoms with van der Waals surface area (Å²) in [7, 11) is -4.35. The maximum absolute atomic E-state index is 15.2. The Balaban J connectivity index is 1.80. The van der Waals surface area contributed by atoms with E-state index >= 15 is 4.39 Å². The van der Waals surface area contributed by atoms with Crippen LogP contribution in [0.2, 0.25) is 0 Å². The average Bonchev–Trinajstić information content (AvgIpc) is 3.01. The molecule has 6 atom stereocenters. The van der Waals surface area contributed by atoms with Crippen LogP contribution in [0.25, 0.3) is 0 Å². The summed E-state index contributed by atoms with van der Waals surface area (Å²) in [6, 6.07) is 7.68. The van der Waals surface area contributed by atoms with Crippen molar-refractivity contribution in [3.05, 3.63) is 63.4 Å². The quantitative estimate of drug-likeness (QED) is 0.227. The molecule has 2 heterocycles. The molecule has 0 saturated carbocycles. The lowest BCUT2D eigenvalue weighted by atomic mass is 10.1. The van der Waals surface area contributed by atoms with Crippen LogP contribution >= 0.6 is 19.3 Å². The summed E-state index contributed by atoms with van der Waals surface area (Å²) >= 11 is 5.85. The zero-order chi connectivity index (χ0) is 26.7. The number of carbonyl (C=O) groups excluding carboxylic acids is 1. The van der Waals surface area contributed by atoms with Crippen LogP contribution in [0.15, 0.2) is 52.2 Å². The van der Waals surface area contributed by atoms with Crippen molar-refractivity contribution in [3.63, 3.8) is 0 Å². The third kappa shape index (κ3) is 6.61. The number of halogens is 2. The summed E-state index contributed by atoms with van der Waals surface area (Å²) in [4.78, 5) is 37.6. The molecule has 1 aromatic heterocycles. The van der Waals surface area contributed by atoms with Crippen molar-refractivity contribution >= 4 is 25.3 Å². The van der Waals surface area contributed by atoms with Gasteiger partial charge in [-0.15, -0.1) is 0 Å². The summed E-state index contributed by atoms with van der Waals surface area (Å²) in [5.41, 5.74) is -1.76. The number of alkyl halides is 2. The molecule has 0 radical (unpaired) electrons. The van der Waals surface area contributed by atoms with Crippen molar-refractivity contribution in [3.8, 4) is 5.75 Å². The van der Waals surface area contributed by atoms with E-state index in [1.165, 1.54) is 19.1 Å². The Bertz CT molecular complexity index is 1220. The molecule has 0 spiro atoms. The highest BCUT2D eigenvalue weighted by Crippen LogP contribution is 2.48. The summed E-state index contributed by atoms with van der Waals surface area (Å²) in [6.07, 6.45) is -4.91. The zero-order valence-corrected chi connectivity index (χ0v) is 21.1. The van der Waals surface area contributed by atoms with Crippen molar-refractivity contribution < 1.29 is 37.4 Å². The first-order valence-electron chi connectivity index (χ1n) is 10.8. The van der Waals surface area contributed by atoms with E-state index in [1.54, 1.807) is 32.0 Å². The fourth-order valence-corrected chi connectivity index (χ4v) is 5.02. The zero-order valence-electron chi connectivity index (χ0n) is 19.5. The molecule has 0 amide bonds. The molecule has 0 aliphatic carbocycles. The van der Waals surface area contributed by atoms with Crippen LogP contribution in [-0.2, 0) is 23.4 Å². The minimum atomic E-state index is -4.35. The lowest BCUT2D eigenvalue weighted by molar-refractivity contribution is -0.149. The number of para-hydroxylation sites is 1. The Morgan fingerprint density at radius 2 is 1.97 bits per heavy atom. The maximum Gasteiger partial charge on any atom is 0.459 e. The number of rotatable bonds is 10. The Morgan fingerprint density at radius 1 is 1.31 bits per heavy atom. The van der Waals surface area contributed by atoms with Crippen molar-refractivity contribution in [2.45, 2.75) is 56.5 Å². The molecule has 2 aromatic rings. The Labute approximate surface area is 209 Å². The van der Waals surface area contributed by atoms with Gasteiger partial charge in [-0.25, -0.2) is 13.8 Å². The topological polar surface area (TPSA) is 158 Å². The van der Waals surface area contributed by atoms with Crippen LogP contribution in [0.5, 0.6) is 5.75 Å². The predicted octanol–water partition coefficient (Wildman–Crippen LogP) is 1.83. The number of H-pyrrole nitrogens is 1. The molecule has 0 bridgehead atoms. The lowest BCUT2D eigenvalue weighted by Crippen LogP contribution is -2.42. The summed E-state index contributed by atoms with van der Waals surface area (Å²) in [6.45, 7) is 3.93. The first kappa shape index (κ1) is 28.0. The second-order valence-electron chi connectivity index (χ2n) is 8.20. The monoisotopic (exact) mass is 549 g/mol. The van der Waals surface area contributed by atoms with Crippen LogP contribution in [0.3, 0.4) is 0 Å². The van der Waals surface area contributed by atoms with Gasteiger partial charge >= 0.3 is 19.4 Å². The smallest absolute Gasteiger partial charge is 0.459 e. The summed E-state index contributed by atoms with van der Waals surface area (Å²) < 4.78 is 50.8. The molecule has 1 saturated heterocycles. The van der Waals surface area contributed by atoms with E-state index < -0.39 is 67.3 Å². The van der Waals surface area contributed by atoms with Gasteiger partial charge in [0.1, 0.15) is 24.0 Å². The third-order valence-corrected chi connectivity index (χ3v) is 6.97. The van der Waals surface area contributed by atoms with E-state index in [9.17, 15) is 24.1 Å². The standard InChI is InChI=1S/C21H26ClFN3O9P/c1-12(2)33-18(29)13(3)25-36(31,35-14-7-5-4-6-8-14)32-11-15-17(28)21(22,23)19(34-15)26-10-9-16(27)24-20(26)30/h4-10,12-13,15,17,19,28H,11H2,1-3H3,(H,25,31)(H,24,27,30)/t13-,15-,17-,19-,21-,36?/m1/s1. The molecule has 1 unspecified atom stereocenters. The molecule has 12 nitrogen and oxygen atoms in total. The van der Waals surface area contributed by atoms with Crippen LogP contribution < -0.4 is 20.9 Å². The van der Waals surface area contributed by atoms with E-state index in [2.05, 4.69) is 5.09 Å². The SMILES string of the molecule is CC(C)OC(=O)[C@@H](C)NP(=O)(OC[C@H]1O[C@@H](n2ccc(=O)[nH]c2=O)[C@@](F)(Cl)[C@@H]1O)Oc1ccccc1. The molecule has 1 aliphatic rings. The fourth-order valence-electron chi connectivity index (χ4n) is 3.22. The van der Waals surface area contributed by atoms with E-state index in [0.717, 1.165) is 12.3 Å². The number of aromatic nitrogens is 2. The normalized spacial score (nSPS) is 26.4. The number of aromatic amines is 1. The van der Waals surface area contributed by atoms with Gasteiger partial charge in [0.2, 0.25) is 0 Å². The van der Waals surface area contributed by atoms with Crippen LogP contribution in [0.4, 0.5) is 4.39 Å². The van der Waals surface area contributed by atoms with E-state index in [0.29, 0.717) is 4.57 Å². The number of nitrogens with one attached hydrogen (secondary N) is 2. The minimum absolute atomic E-state index is 0.125. The highest BCUT2D eigenvalue weighted by molar-refractivity contribution is 7.52. The van der Waals surface area contributed by atoms with Gasteiger partial charge in [0.25, 0.3) is 10.7 Å². The number of aliphatic hydroxyl groups is 1. The molecule has 1 aromatic carbocycles. The molecule has 1 fully saturated rings. The number of benzene rings is 1. The van der Waals surface area contributed by atoms with Crippen LogP contribution in [-0.4, -0.2) is 56.7 Å². The van der Waals surface area contributed by atoms with Gasteiger partial charge in [-0.1, -0.05) is 29.8 Å². The Kier molecular flexibility index (Phi) is 8.75. The minimum Gasteiger partial charge on any atom is -0.462 e. The molecule has 198 valence electrons. The van der Waals surface area contributed by atoms with Gasteiger partial charge in [-0.2, -0.15) is 5.09 Å². The number of esters is 1. The maximum atomic E-state index is 15.2. The number of aliphatic hydroxyl groups excluding tert-OH is 1. The summed E-state index contributed by atoms with van der Waals surface area (Å²) in [5, 5.41) is 9.86. The number of carbonyl (C=O) groups is 1. The number of hydrogen-bond acceptors (Lipinski definition) is 9. The number of nitrogens with zero attached hydrogens (tertiary/aromatic N) is 1. The Hall–Kier alpha value is -2.54. The molecule has 3 N–H and O–H groups in total. The summed E-state index contributed by atoms with van der Waals surface area (Å²) in [5.74, 6) is -0.607. The van der Waals surface area contributed by atoms with Gasteiger partial charge in [0, 0.05) is 12.3 Å². The third-order valence-electron chi connectivity index (χ3n) is 4.92. The average molecular weight is 550 g/mol. The number of ether oxygens (including phenoxy) is 2. The van der Waals surface area contributed by atoms with E-state index in [1.807, 2.05) is 4.98 Å². The van der Waals surface area contributed by atoms with Crippen molar-refractivity contribution in [2.24, 2.45) is 0 Å². The van der Waals surface area contributed by atoms with Crippen LogP contribution in [0.1, 0.15) is 27.0 Å². The van der Waals surface area contributed by atoms with Gasteiger partial charge < -0.3 is 19.1 Å². The molecular formula is C21H26ClFN3O9P. The van der Waals surface area contributed by atoms with Gasteiger partial charge in [0.05, 0.1) is 12.7 Å². The van der Waals surface area contributed by atoms with Gasteiger partial charge in [-0.3, -0.25) is 23.7 Å². The molecule has 3 rings (SSSR count). The van der Waals surface area contributed by atoms with E-state index in [-0.39, 0.29) is 5.75 Å². The molecule has 1 aliphatic heterocycles. The fraction of sp³-hybridized carbons (Fsp3) is 0.476. The largest absolute Gasteiger partial charge is 0.462 e. The van der Waals surface area contributed by atoms with E-state index in [4.69, 9.17) is 30.1 Å². The van der Waals surface area contributed by atoms with Gasteiger partial charge in [0.15, 0.2) is 6.23 Å². The van der Waals surface area contributed by atoms with Crippen molar-refractivity contribution in [2.75, 3.05) is 6.61 Å². The van der Waals surface area contributed by atoms with Crippen molar-refractivity contribution in [1.82, 2.24) is 14.6 Å². The number of hydrogen-bond donors (Lipinski definition) is 3. The molecule has 36 heavy (non-hydrogen) atoms. The first-order chi connectivity index (χ1) is 16.8. The van der Waals surface area contributed by atoms with Crippen molar-refractivity contribution in [1.29, 1.82) is 0 Å². The van der Waals surface area contributed by atoms with Gasteiger partial charge in [-0.05, 0) is 32.9 Å². The van der Waals surface area contributed by atoms with Crippen LogP contribution in [0, 0.1) is 0 Å². The second-order valence-corrected chi connectivity index (χ2v) is 10.5.